The zero-order valence-electron chi connectivity index (χ0n) is 15.1. The minimum atomic E-state index is 0.0271. The number of hydrogen-bond donors (Lipinski definition) is 2. The predicted molar refractivity (Wildman–Crippen MR) is 94.2 cm³/mol. The van der Waals surface area contributed by atoms with Crippen LogP contribution in [0.15, 0.2) is 0 Å². The fourth-order valence-corrected chi connectivity index (χ4v) is 5.38. The number of ether oxygens (including phenoxy) is 1. The van der Waals surface area contributed by atoms with Gasteiger partial charge in [-0.05, 0) is 44.9 Å². The minimum absolute atomic E-state index is 0.0271. The highest BCUT2D eigenvalue weighted by Crippen LogP contribution is 2.40. The molecule has 0 bridgehead atoms. The Morgan fingerprint density at radius 3 is 2.80 bits per heavy atom. The minimum Gasteiger partial charge on any atom is -0.375 e. The van der Waals surface area contributed by atoms with Gasteiger partial charge in [0.05, 0.1) is 5.60 Å². The number of nitrogens with zero attached hydrogens (tertiary/aromatic N) is 1. The highest BCUT2D eigenvalue weighted by atomic mass is 16.5. The molecule has 3 atom stereocenters. The summed E-state index contributed by atoms with van der Waals surface area (Å²) in [6, 6.07) is 0.502. The van der Waals surface area contributed by atoms with Crippen molar-refractivity contribution >= 4 is 11.9 Å². The third kappa shape index (κ3) is 3.64. The molecule has 4 rings (SSSR count). The molecule has 0 aromatic carbocycles. The van der Waals surface area contributed by atoms with Crippen molar-refractivity contribution in [1.29, 1.82) is 0 Å². The van der Waals surface area contributed by atoms with Crippen molar-refractivity contribution < 1.29 is 14.3 Å². The molecule has 4 aliphatic rings. The summed E-state index contributed by atoms with van der Waals surface area (Å²) in [6.45, 7) is 2.29. The molecule has 25 heavy (non-hydrogen) atoms. The highest BCUT2D eigenvalue weighted by molar-refractivity contribution is 5.79. The molecule has 3 heterocycles. The van der Waals surface area contributed by atoms with E-state index in [-0.39, 0.29) is 35.5 Å². The second-order valence-corrected chi connectivity index (χ2v) is 8.40. The second kappa shape index (κ2) is 7.14. The van der Waals surface area contributed by atoms with Gasteiger partial charge in [0.1, 0.15) is 0 Å². The van der Waals surface area contributed by atoms with E-state index in [4.69, 9.17) is 4.74 Å². The maximum Gasteiger partial charge on any atom is 0.317 e. The van der Waals surface area contributed by atoms with E-state index in [0.717, 1.165) is 58.1 Å². The summed E-state index contributed by atoms with van der Waals surface area (Å²) in [5, 5.41) is 6.23. The molecule has 2 N–H and O–H groups in total. The Morgan fingerprint density at radius 2 is 2.04 bits per heavy atom. The number of piperidine rings is 1. The second-order valence-electron chi connectivity index (χ2n) is 8.40. The van der Waals surface area contributed by atoms with E-state index < -0.39 is 0 Å². The van der Waals surface area contributed by atoms with Crippen molar-refractivity contribution in [1.82, 2.24) is 15.5 Å². The molecular formula is C19H31N3O3. The van der Waals surface area contributed by atoms with Gasteiger partial charge in [-0.2, -0.15) is 0 Å². The molecule has 6 heteroatoms. The summed E-state index contributed by atoms with van der Waals surface area (Å²) in [5.41, 5.74) is 0.0271. The number of rotatable bonds is 2. The fraction of sp³-hybridized carbons (Fsp3) is 0.895. The summed E-state index contributed by atoms with van der Waals surface area (Å²) in [4.78, 5) is 26.6. The van der Waals surface area contributed by atoms with Crippen molar-refractivity contribution in [2.45, 2.75) is 81.9 Å². The first-order valence-corrected chi connectivity index (χ1v) is 10.1. The van der Waals surface area contributed by atoms with Gasteiger partial charge >= 0.3 is 6.03 Å². The van der Waals surface area contributed by atoms with Crippen LogP contribution in [0.2, 0.25) is 0 Å². The van der Waals surface area contributed by atoms with Gasteiger partial charge in [-0.1, -0.05) is 12.8 Å². The third-order valence-corrected chi connectivity index (χ3v) is 6.70. The van der Waals surface area contributed by atoms with Gasteiger partial charge in [0.2, 0.25) is 5.91 Å². The molecule has 0 radical (unpaired) electrons. The molecule has 3 saturated heterocycles. The summed E-state index contributed by atoms with van der Waals surface area (Å²) in [5.74, 6) is 0.401. The molecule has 4 fully saturated rings. The molecule has 1 saturated carbocycles. The zero-order chi connectivity index (χ0) is 17.3. The summed E-state index contributed by atoms with van der Waals surface area (Å²) in [7, 11) is 0. The Kier molecular flexibility index (Phi) is 4.89. The Morgan fingerprint density at radius 1 is 1.20 bits per heavy atom. The lowest BCUT2D eigenvalue weighted by atomic mass is 9.88. The first kappa shape index (κ1) is 17.1. The van der Waals surface area contributed by atoms with Crippen LogP contribution in [0.4, 0.5) is 4.79 Å². The van der Waals surface area contributed by atoms with E-state index in [9.17, 15) is 9.59 Å². The van der Waals surface area contributed by atoms with Gasteiger partial charge in [-0.25, -0.2) is 4.79 Å². The molecule has 1 aliphatic carbocycles. The summed E-state index contributed by atoms with van der Waals surface area (Å²) >= 11 is 0. The fourth-order valence-electron chi connectivity index (χ4n) is 5.38. The van der Waals surface area contributed by atoms with E-state index in [1.807, 2.05) is 4.90 Å². The van der Waals surface area contributed by atoms with Gasteiger partial charge in [-0.3, -0.25) is 4.79 Å². The Hall–Kier alpha value is -1.30. The average molecular weight is 349 g/mol. The van der Waals surface area contributed by atoms with E-state index in [1.54, 1.807) is 0 Å². The lowest BCUT2D eigenvalue weighted by Gasteiger charge is -2.42. The van der Waals surface area contributed by atoms with Crippen molar-refractivity contribution in [3.63, 3.8) is 0 Å². The molecule has 3 unspecified atom stereocenters. The monoisotopic (exact) mass is 349 g/mol. The molecule has 140 valence electrons. The summed E-state index contributed by atoms with van der Waals surface area (Å²) in [6.07, 6.45) is 10.4. The molecule has 0 aromatic rings. The largest absolute Gasteiger partial charge is 0.375 e. The summed E-state index contributed by atoms with van der Waals surface area (Å²) < 4.78 is 6.09. The van der Waals surface area contributed by atoms with Crippen molar-refractivity contribution in [3.8, 4) is 0 Å². The van der Waals surface area contributed by atoms with Crippen LogP contribution in [0.5, 0.6) is 0 Å². The number of hydrogen-bond acceptors (Lipinski definition) is 3. The normalized spacial score (nSPS) is 35.0. The van der Waals surface area contributed by atoms with Crippen molar-refractivity contribution in [3.05, 3.63) is 0 Å². The molecular weight excluding hydrogens is 318 g/mol. The maximum atomic E-state index is 13.0. The third-order valence-electron chi connectivity index (χ3n) is 6.70. The van der Waals surface area contributed by atoms with E-state index in [2.05, 4.69) is 10.6 Å². The van der Waals surface area contributed by atoms with Crippen LogP contribution in [0, 0.1) is 5.92 Å². The van der Waals surface area contributed by atoms with Gasteiger partial charge in [0, 0.05) is 44.1 Å². The van der Waals surface area contributed by atoms with Gasteiger partial charge in [-0.15, -0.1) is 0 Å². The van der Waals surface area contributed by atoms with Gasteiger partial charge in [0.15, 0.2) is 0 Å². The quantitative estimate of drug-likeness (QED) is 0.803. The average Bonchev–Trinajstić information content (AvgIpc) is 3.24. The number of carbonyl (C=O) groups is 2. The van der Waals surface area contributed by atoms with Gasteiger partial charge in [0.25, 0.3) is 0 Å². The van der Waals surface area contributed by atoms with Crippen molar-refractivity contribution in [2.24, 2.45) is 5.92 Å². The van der Waals surface area contributed by atoms with Crippen LogP contribution in [-0.2, 0) is 9.53 Å². The van der Waals surface area contributed by atoms with Crippen LogP contribution in [0.25, 0.3) is 0 Å². The predicted octanol–water partition coefficient (Wildman–Crippen LogP) is 2.18. The van der Waals surface area contributed by atoms with Crippen LogP contribution < -0.4 is 10.6 Å². The van der Waals surface area contributed by atoms with Crippen LogP contribution in [-0.4, -0.2) is 54.2 Å². The Bertz CT molecular complexity index is 518. The zero-order valence-corrected chi connectivity index (χ0v) is 15.1. The smallest absolute Gasteiger partial charge is 0.317 e. The van der Waals surface area contributed by atoms with Crippen molar-refractivity contribution in [2.75, 3.05) is 19.7 Å². The number of carbonyl (C=O) groups excluding carboxylic acids is 2. The maximum absolute atomic E-state index is 13.0. The highest BCUT2D eigenvalue weighted by Gasteiger charge is 2.42. The number of likely N-dealkylation sites (tertiary alicyclic amines) is 1. The van der Waals surface area contributed by atoms with E-state index >= 15 is 0 Å². The Balaban J connectivity index is 1.38. The SMILES string of the molecule is O=C1CC(C2CCCCN2C(=O)NC2CCOC3(CCCC3)C2)CN1. The molecule has 3 aliphatic heterocycles. The molecule has 6 nitrogen and oxygen atoms in total. The molecule has 0 aromatic heterocycles. The first-order valence-electron chi connectivity index (χ1n) is 10.1. The topological polar surface area (TPSA) is 70.7 Å². The van der Waals surface area contributed by atoms with E-state index in [1.165, 1.54) is 12.8 Å². The lowest BCUT2D eigenvalue weighted by molar-refractivity contribution is -0.119. The molecule has 3 amide bonds. The molecule has 1 spiro atoms. The van der Waals surface area contributed by atoms with Gasteiger partial charge < -0.3 is 20.3 Å². The standard InChI is InChI=1S/C19H31N3O3/c23-17-11-14(13-20-17)16-5-1-4-9-22(16)18(24)21-15-6-10-25-19(12-15)7-2-3-8-19/h14-16H,1-13H2,(H,20,23)(H,21,24). The lowest BCUT2D eigenvalue weighted by Crippen LogP contribution is -2.56. The Labute approximate surface area is 150 Å². The number of nitrogens with one attached hydrogen (secondary N) is 2. The number of amides is 3. The van der Waals surface area contributed by atoms with Crippen LogP contribution in [0.1, 0.15) is 64.2 Å². The van der Waals surface area contributed by atoms with Crippen LogP contribution >= 0.6 is 0 Å². The van der Waals surface area contributed by atoms with Crippen LogP contribution in [0.3, 0.4) is 0 Å². The van der Waals surface area contributed by atoms with E-state index in [0.29, 0.717) is 13.0 Å². The number of urea groups is 1. The first-order chi connectivity index (χ1) is 12.2.